The van der Waals surface area contributed by atoms with Crippen LogP contribution in [0.4, 0.5) is 0 Å². The third-order valence-electron chi connectivity index (χ3n) is 4.60. The molecule has 1 atom stereocenters. The predicted octanol–water partition coefficient (Wildman–Crippen LogP) is 2.08. The zero-order valence-corrected chi connectivity index (χ0v) is 14.8. The molecule has 1 saturated heterocycles. The Morgan fingerprint density at radius 3 is 2.44 bits per heavy atom. The van der Waals surface area contributed by atoms with E-state index in [9.17, 15) is 13.2 Å². The molecule has 2 aromatic rings. The molecule has 0 radical (unpaired) electrons. The molecule has 6 heteroatoms. The average molecular weight is 358 g/mol. The van der Waals surface area contributed by atoms with Gasteiger partial charge in [0.1, 0.15) is 0 Å². The molecule has 0 unspecified atom stereocenters. The summed E-state index contributed by atoms with van der Waals surface area (Å²) in [6.07, 6.45) is 0.896. The standard InChI is InChI=1S/C19H22N2O3S/c20-12-15-10-11-21(13-15)19(22)18-9-5-4-6-16(18)14-25(23,24)17-7-2-1-3-8-17/h1-9,15H,10-14,20H2/t15-/m0/s1. The lowest BCUT2D eigenvalue weighted by atomic mass is 10.1. The molecule has 1 aliphatic heterocycles. The fraction of sp³-hybridized carbons (Fsp3) is 0.316. The van der Waals surface area contributed by atoms with Gasteiger partial charge in [-0.25, -0.2) is 8.42 Å². The molecule has 1 fully saturated rings. The van der Waals surface area contributed by atoms with Crippen molar-refractivity contribution in [2.75, 3.05) is 19.6 Å². The van der Waals surface area contributed by atoms with E-state index in [1.54, 1.807) is 59.5 Å². The highest BCUT2D eigenvalue weighted by Gasteiger charge is 2.28. The Kier molecular flexibility index (Phi) is 5.20. The Bertz CT molecular complexity index is 850. The second-order valence-corrected chi connectivity index (χ2v) is 8.36. The maximum Gasteiger partial charge on any atom is 0.254 e. The monoisotopic (exact) mass is 358 g/mol. The van der Waals surface area contributed by atoms with Gasteiger partial charge in [-0.05, 0) is 42.6 Å². The summed E-state index contributed by atoms with van der Waals surface area (Å²) in [5.74, 6) is 0.0200. The molecule has 1 amide bonds. The number of rotatable bonds is 5. The number of amides is 1. The first-order valence-corrected chi connectivity index (χ1v) is 10.0. The molecule has 1 heterocycles. The summed E-state index contributed by atoms with van der Waals surface area (Å²) < 4.78 is 25.3. The summed E-state index contributed by atoms with van der Waals surface area (Å²) in [6.45, 7) is 1.86. The molecule has 132 valence electrons. The highest BCUT2D eigenvalue weighted by molar-refractivity contribution is 7.90. The lowest BCUT2D eigenvalue weighted by Gasteiger charge is -2.18. The number of hydrogen-bond donors (Lipinski definition) is 1. The van der Waals surface area contributed by atoms with Crippen molar-refractivity contribution in [1.82, 2.24) is 4.90 Å². The Balaban J connectivity index is 1.86. The Hall–Kier alpha value is -2.18. The molecule has 0 saturated carbocycles. The largest absolute Gasteiger partial charge is 0.338 e. The van der Waals surface area contributed by atoms with Gasteiger partial charge in [0.05, 0.1) is 10.6 Å². The van der Waals surface area contributed by atoms with Gasteiger partial charge in [-0.3, -0.25) is 4.79 Å². The Morgan fingerprint density at radius 2 is 1.76 bits per heavy atom. The van der Waals surface area contributed by atoms with Gasteiger partial charge in [-0.1, -0.05) is 36.4 Å². The van der Waals surface area contributed by atoms with Crippen LogP contribution in [-0.4, -0.2) is 38.9 Å². The summed E-state index contributed by atoms with van der Waals surface area (Å²) in [4.78, 5) is 14.9. The van der Waals surface area contributed by atoms with Gasteiger partial charge in [0, 0.05) is 18.7 Å². The second-order valence-electron chi connectivity index (χ2n) is 6.37. The number of nitrogens with zero attached hydrogens (tertiary/aromatic N) is 1. The van der Waals surface area contributed by atoms with Crippen LogP contribution in [0.25, 0.3) is 0 Å². The van der Waals surface area contributed by atoms with Crippen LogP contribution in [0.2, 0.25) is 0 Å². The second kappa shape index (κ2) is 7.37. The van der Waals surface area contributed by atoms with Crippen LogP contribution in [0.1, 0.15) is 22.3 Å². The van der Waals surface area contributed by atoms with Gasteiger partial charge in [0.25, 0.3) is 5.91 Å². The number of nitrogens with two attached hydrogens (primary N) is 1. The molecule has 3 rings (SSSR count). The van der Waals surface area contributed by atoms with E-state index in [4.69, 9.17) is 5.73 Å². The number of hydrogen-bond acceptors (Lipinski definition) is 4. The van der Waals surface area contributed by atoms with Crippen molar-refractivity contribution in [3.05, 3.63) is 65.7 Å². The highest BCUT2D eigenvalue weighted by Crippen LogP contribution is 2.23. The minimum atomic E-state index is -3.50. The SMILES string of the molecule is NC[C@@H]1CCN(C(=O)c2ccccc2CS(=O)(=O)c2ccccc2)C1. The molecular weight excluding hydrogens is 336 g/mol. The third kappa shape index (κ3) is 3.91. The molecule has 0 bridgehead atoms. The van der Waals surface area contributed by atoms with Crippen LogP contribution in [0.3, 0.4) is 0 Å². The molecule has 0 aromatic heterocycles. The third-order valence-corrected chi connectivity index (χ3v) is 6.28. The normalized spacial score (nSPS) is 17.6. The lowest BCUT2D eigenvalue weighted by molar-refractivity contribution is 0.0787. The molecule has 1 aliphatic rings. The fourth-order valence-electron chi connectivity index (χ4n) is 3.15. The van der Waals surface area contributed by atoms with Gasteiger partial charge in [0.15, 0.2) is 9.84 Å². The van der Waals surface area contributed by atoms with Crippen LogP contribution in [-0.2, 0) is 15.6 Å². The first-order chi connectivity index (χ1) is 12.0. The molecule has 0 aliphatic carbocycles. The van der Waals surface area contributed by atoms with E-state index in [0.717, 1.165) is 6.42 Å². The summed E-state index contributed by atoms with van der Waals surface area (Å²) in [5, 5.41) is 0. The molecular formula is C19H22N2O3S. The minimum Gasteiger partial charge on any atom is -0.338 e. The summed E-state index contributed by atoms with van der Waals surface area (Å²) in [7, 11) is -3.50. The lowest BCUT2D eigenvalue weighted by Crippen LogP contribution is -2.30. The number of benzene rings is 2. The maximum absolute atomic E-state index is 12.8. The number of sulfone groups is 1. The van der Waals surface area contributed by atoms with Crippen molar-refractivity contribution in [2.45, 2.75) is 17.1 Å². The molecule has 25 heavy (non-hydrogen) atoms. The summed E-state index contributed by atoms with van der Waals surface area (Å²) in [5.41, 5.74) is 6.69. The van der Waals surface area contributed by atoms with Crippen molar-refractivity contribution in [3.8, 4) is 0 Å². The van der Waals surface area contributed by atoms with Crippen LogP contribution < -0.4 is 5.73 Å². The summed E-state index contributed by atoms with van der Waals surface area (Å²) >= 11 is 0. The quantitative estimate of drug-likeness (QED) is 0.887. The van der Waals surface area contributed by atoms with Crippen molar-refractivity contribution in [2.24, 2.45) is 11.7 Å². The van der Waals surface area contributed by atoms with Crippen molar-refractivity contribution >= 4 is 15.7 Å². The topological polar surface area (TPSA) is 80.5 Å². The predicted molar refractivity (Wildman–Crippen MR) is 96.8 cm³/mol. The fourth-order valence-corrected chi connectivity index (χ4v) is 4.55. The number of likely N-dealkylation sites (tertiary alicyclic amines) is 1. The van der Waals surface area contributed by atoms with Gasteiger partial charge < -0.3 is 10.6 Å². The van der Waals surface area contributed by atoms with Crippen LogP contribution in [0, 0.1) is 5.92 Å². The van der Waals surface area contributed by atoms with E-state index in [1.165, 1.54) is 0 Å². The van der Waals surface area contributed by atoms with E-state index < -0.39 is 9.84 Å². The van der Waals surface area contributed by atoms with Gasteiger partial charge >= 0.3 is 0 Å². The van der Waals surface area contributed by atoms with Gasteiger partial charge in [-0.2, -0.15) is 0 Å². The smallest absolute Gasteiger partial charge is 0.254 e. The number of carbonyl (C=O) groups excluding carboxylic acids is 1. The van der Waals surface area contributed by atoms with Gasteiger partial charge in [-0.15, -0.1) is 0 Å². The van der Waals surface area contributed by atoms with E-state index >= 15 is 0 Å². The minimum absolute atomic E-state index is 0.116. The highest BCUT2D eigenvalue weighted by atomic mass is 32.2. The molecule has 2 N–H and O–H groups in total. The zero-order chi connectivity index (χ0) is 17.9. The maximum atomic E-state index is 12.8. The Morgan fingerprint density at radius 1 is 1.08 bits per heavy atom. The first-order valence-electron chi connectivity index (χ1n) is 8.36. The average Bonchev–Trinajstić information content (AvgIpc) is 3.11. The van der Waals surface area contributed by atoms with Gasteiger partial charge in [0.2, 0.25) is 0 Å². The summed E-state index contributed by atoms with van der Waals surface area (Å²) in [6, 6.07) is 15.3. The van der Waals surface area contributed by atoms with E-state index in [-0.39, 0.29) is 16.6 Å². The van der Waals surface area contributed by atoms with E-state index in [2.05, 4.69) is 0 Å². The van der Waals surface area contributed by atoms with Crippen LogP contribution in [0.5, 0.6) is 0 Å². The Labute approximate surface area is 148 Å². The molecule has 5 nitrogen and oxygen atoms in total. The van der Waals surface area contributed by atoms with E-state index in [0.29, 0.717) is 36.7 Å². The zero-order valence-electron chi connectivity index (χ0n) is 14.0. The molecule has 2 aromatic carbocycles. The van der Waals surface area contributed by atoms with Crippen LogP contribution >= 0.6 is 0 Å². The molecule has 0 spiro atoms. The van der Waals surface area contributed by atoms with Crippen molar-refractivity contribution in [3.63, 3.8) is 0 Å². The first kappa shape index (κ1) is 17.6. The number of carbonyl (C=O) groups is 1. The van der Waals surface area contributed by atoms with Crippen LogP contribution in [0.15, 0.2) is 59.5 Å². The van der Waals surface area contributed by atoms with Crippen molar-refractivity contribution < 1.29 is 13.2 Å². The van der Waals surface area contributed by atoms with E-state index in [1.807, 2.05) is 0 Å². The van der Waals surface area contributed by atoms with Crippen molar-refractivity contribution in [1.29, 1.82) is 0 Å².